The van der Waals surface area contributed by atoms with Crippen LogP contribution >= 0.6 is 0 Å². The van der Waals surface area contributed by atoms with Gasteiger partial charge in [0.25, 0.3) is 0 Å². The molecule has 0 aromatic carbocycles. The van der Waals surface area contributed by atoms with Crippen molar-refractivity contribution >= 4 is 5.91 Å². The van der Waals surface area contributed by atoms with Crippen molar-refractivity contribution in [3.63, 3.8) is 0 Å². The smallest absolute Gasteiger partial charge is 0.237 e. The number of ether oxygens (including phenoxy) is 1. The summed E-state index contributed by atoms with van der Waals surface area (Å²) in [5.74, 6) is 0.170. The van der Waals surface area contributed by atoms with Crippen LogP contribution in [0.15, 0.2) is 0 Å². The predicted octanol–water partition coefficient (Wildman–Crippen LogP) is 2.37. The maximum absolute atomic E-state index is 12.1. The summed E-state index contributed by atoms with van der Waals surface area (Å²) in [5, 5.41) is 6.71. The fourth-order valence-corrected chi connectivity index (χ4v) is 4.23. The van der Waals surface area contributed by atoms with Crippen molar-refractivity contribution in [3.05, 3.63) is 0 Å². The Bertz CT molecular complexity index is 375. The maximum Gasteiger partial charge on any atom is 0.237 e. The summed E-state index contributed by atoms with van der Waals surface area (Å²) in [6, 6.07) is 0.814. The van der Waals surface area contributed by atoms with Crippen LogP contribution in [0.25, 0.3) is 0 Å². The first-order chi connectivity index (χ1) is 10.2. The van der Waals surface area contributed by atoms with Gasteiger partial charge in [-0.2, -0.15) is 0 Å². The molecule has 3 rings (SSSR count). The Morgan fingerprint density at radius 3 is 2.62 bits per heavy atom. The average Bonchev–Trinajstić information content (AvgIpc) is 3.30. The molecule has 3 fully saturated rings. The van der Waals surface area contributed by atoms with Crippen molar-refractivity contribution in [3.8, 4) is 0 Å². The molecule has 4 nitrogen and oxygen atoms in total. The zero-order valence-corrected chi connectivity index (χ0v) is 13.5. The van der Waals surface area contributed by atoms with E-state index in [2.05, 4.69) is 17.6 Å². The minimum Gasteiger partial charge on any atom is -0.378 e. The molecule has 3 atom stereocenters. The van der Waals surface area contributed by atoms with Crippen molar-refractivity contribution in [2.75, 3.05) is 6.61 Å². The predicted molar refractivity (Wildman–Crippen MR) is 83.1 cm³/mol. The number of nitrogens with one attached hydrogen (secondary N) is 2. The van der Waals surface area contributed by atoms with Gasteiger partial charge in [-0.25, -0.2) is 0 Å². The molecule has 0 heterocycles. The molecule has 3 aliphatic rings. The van der Waals surface area contributed by atoms with Gasteiger partial charge in [-0.05, 0) is 46.0 Å². The lowest BCUT2D eigenvalue weighted by Gasteiger charge is -2.58. The summed E-state index contributed by atoms with van der Waals surface area (Å²) in [5.41, 5.74) is 0.294. The number of rotatable bonds is 6. The summed E-state index contributed by atoms with van der Waals surface area (Å²) in [4.78, 5) is 12.1. The number of hydrogen-bond acceptors (Lipinski definition) is 3. The Morgan fingerprint density at radius 1 is 1.29 bits per heavy atom. The molecule has 1 amide bonds. The van der Waals surface area contributed by atoms with E-state index in [0.29, 0.717) is 23.6 Å². The van der Waals surface area contributed by atoms with Gasteiger partial charge in [0.1, 0.15) is 0 Å². The van der Waals surface area contributed by atoms with Crippen molar-refractivity contribution in [2.45, 2.75) is 89.4 Å². The van der Waals surface area contributed by atoms with Crippen LogP contribution in [-0.2, 0) is 9.53 Å². The van der Waals surface area contributed by atoms with Crippen LogP contribution in [0.2, 0.25) is 0 Å². The maximum atomic E-state index is 12.1. The monoisotopic (exact) mass is 294 g/mol. The summed E-state index contributed by atoms with van der Waals surface area (Å²) in [6.07, 6.45) is 10.3. The average molecular weight is 294 g/mol. The van der Waals surface area contributed by atoms with Crippen LogP contribution in [0.4, 0.5) is 0 Å². The van der Waals surface area contributed by atoms with Crippen LogP contribution in [0.3, 0.4) is 0 Å². The lowest BCUT2D eigenvalue weighted by molar-refractivity contribution is -0.154. The van der Waals surface area contributed by atoms with E-state index >= 15 is 0 Å². The first-order valence-corrected chi connectivity index (χ1v) is 8.84. The highest BCUT2D eigenvalue weighted by Crippen LogP contribution is 2.53. The Hall–Kier alpha value is -0.610. The van der Waals surface area contributed by atoms with Crippen LogP contribution < -0.4 is 10.6 Å². The largest absolute Gasteiger partial charge is 0.378 e. The molecule has 0 bridgehead atoms. The Morgan fingerprint density at radius 2 is 2.00 bits per heavy atom. The highest BCUT2D eigenvalue weighted by molar-refractivity contribution is 5.81. The van der Waals surface area contributed by atoms with Gasteiger partial charge in [0, 0.05) is 24.1 Å². The molecule has 4 heteroatoms. The summed E-state index contributed by atoms with van der Waals surface area (Å²) >= 11 is 0. The van der Waals surface area contributed by atoms with E-state index in [1.165, 1.54) is 32.1 Å². The molecule has 0 radical (unpaired) electrons. The highest BCUT2D eigenvalue weighted by Gasteiger charge is 2.55. The van der Waals surface area contributed by atoms with Crippen LogP contribution in [0, 0.1) is 5.41 Å². The van der Waals surface area contributed by atoms with Gasteiger partial charge < -0.3 is 15.4 Å². The summed E-state index contributed by atoms with van der Waals surface area (Å²) in [7, 11) is 0. The van der Waals surface area contributed by atoms with E-state index in [9.17, 15) is 4.79 Å². The molecule has 21 heavy (non-hydrogen) atoms. The standard InChI is InChI=1S/C17H30N2O2/c1-3-21-15-11-14(17(15)9-5-4-6-10-17)18-12(2)16(20)19-13-7-8-13/h12-15,18H,3-11H2,1-2H3,(H,19,20). The second-order valence-electron chi connectivity index (χ2n) is 7.20. The molecule has 3 unspecified atom stereocenters. The SMILES string of the molecule is CCOC1CC(NC(C)C(=O)NC2CC2)C12CCCCC2. The minimum absolute atomic E-state index is 0.0861. The van der Waals surface area contributed by atoms with Gasteiger partial charge in [0.15, 0.2) is 0 Å². The molecule has 3 saturated carbocycles. The van der Waals surface area contributed by atoms with Gasteiger partial charge in [-0.3, -0.25) is 4.79 Å². The number of amides is 1. The van der Waals surface area contributed by atoms with Gasteiger partial charge in [0.2, 0.25) is 5.91 Å². The number of carbonyl (C=O) groups is 1. The topological polar surface area (TPSA) is 50.4 Å². The van der Waals surface area contributed by atoms with Crippen LogP contribution in [-0.4, -0.2) is 36.7 Å². The second kappa shape index (κ2) is 6.25. The van der Waals surface area contributed by atoms with Crippen molar-refractivity contribution in [1.82, 2.24) is 10.6 Å². The zero-order chi connectivity index (χ0) is 14.9. The first kappa shape index (κ1) is 15.3. The highest BCUT2D eigenvalue weighted by atomic mass is 16.5. The molecule has 0 saturated heterocycles. The molecule has 0 aromatic heterocycles. The van der Waals surface area contributed by atoms with E-state index in [-0.39, 0.29) is 11.9 Å². The number of carbonyl (C=O) groups excluding carboxylic acids is 1. The molecule has 3 aliphatic carbocycles. The van der Waals surface area contributed by atoms with E-state index in [0.717, 1.165) is 25.9 Å². The van der Waals surface area contributed by atoms with Gasteiger partial charge in [-0.15, -0.1) is 0 Å². The minimum atomic E-state index is -0.0861. The quantitative estimate of drug-likeness (QED) is 0.791. The molecular weight excluding hydrogens is 264 g/mol. The Kier molecular flexibility index (Phi) is 4.55. The van der Waals surface area contributed by atoms with Gasteiger partial charge >= 0.3 is 0 Å². The van der Waals surface area contributed by atoms with E-state index in [4.69, 9.17) is 4.74 Å². The molecule has 120 valence electrons. The third-order valence-corrected chi connectivity index (χ3v) is 5.71. The third kappa shape index (κ3) is 3.11. The van der Waals surface area contributed by atoms with Gasteiger partial charge in [0.05, 0.1) is 12.1 Å². The molecule has 0 aromatic rings. The van der Waals surface area contributed by atoms with Crippen molar-refractivity contribution < 1.29 is 9.53 Å². The zero-order valence-electron chi connectivity index (χ0n) is 13.5. The lowest BCUT2D eigenvalue weighted by Crippen LogP contribution is -2.67. The molecule has 1 spiro atoms. The Balaban J connectivity index is 1.57. The summed E-state index contributed by atoms with van der Waals surface area (Å²) in [6.45, 7) is 4.89. The lowest BCUT2D eigenvalue weighted by atomic mass is 9.55. The van der Waals surface area contributed by atoms with Gasteiger partial charge in [-0.1, -0.05) is 19.3 Å². The molecule has 2 N–H and O–H groups in total. The van der Waals surface area contributed by atoms with Crippen LogP contribution in [0.5, 0.6) is 0 Å². The normalized spacial score (nSPS) is 32.5. The molecule has 0 aliphatic heterocycles. The first-order valence-electron chi connectivity index (χ1n) is 8.84. The van der Waals surface area contributed by atoms with E-state index in [1.54, 1.807) is 0 Å². The van der Waals surface area contributed by atoms with E-state index in [1.807, 2.05) is 6.92 Å². The molecular formula is C17H30N2O2. The summed E-state index contributed by atoms with van der Waals surface area (Å²) < 4.78 is 5.98. The fourth-order valence-electron chi connectivity index (χ4n) is 4.23. The van der Waals surface area contributed by atoms with E-state index < -0.39 is 0 Å². The fraction of sp³-hybridized carbons (Fsp3) is 0.941. The third-order valence-electron chi connectivity index (χ3n) is 5.71. The second-order valence-corrected chi connectivity index (χ2v) is 7.20. The Labute approximate surface area is 128 Å². The van der Waals surface area contributed by atoms with Crippen molar-refractivity contribution in [2.24, 2.45) is 5.41 Å². The van der Waals surface area contributed by atoms with Crippen molar-refractivity contribution in [1.29, 1.82) is 0 Å². The number of hydrogen-bond donors (Lipinski definition) is 2. The van der Waals surface area contributed by atoms with Crippen LogP contribution in [0.1, 0.15) is 65.2 Å².